The number of aromatic nitrogens is 3. The highest BCUT2D eigenvalue weighted by Gasteiger charge is 2.29. The molecule has 0 aliphatic heterocycles. The number of hydrogen-bond acceptors (Lipinski definition) is 5. The number of unbranched alkanes of at least 4 members (excludes halogenated alkanes) is 2. The maximum atomic E-state index is 13.5. The molecule has 4 N–H and O–H groups in total. The number of aryl methyl sites for hydroxylation is 1. The fraction of sp³-hybridized carbons (Fsp3) is 0.333. The SMILES string of the molecule is CCC(=O)CCCCC[C@H](NC(=O)Cc1c(C)[nH]c2ccc(OC)cc12)c1[nH]c(-c2ccc3ccccc3c2)c[nH+]1.O=C([O-])C(F)(F)F. The quantitative estimate of drug-likeness (QED) is 0.131. The summed E-state index contributed by atoms with van der Waals surface area (Å²) in [6.45, 7) is 3.91. The van der Waals surface area contributed by atoms with Crippen molar-refractivity contribution in [2.45, 2.75) is 71.0 Å². The summed E-state index contributed by atoms with van der Waals surface area (Å²) in [6, 6.07) is 20.4. The van der Waals surface area contributed by atoms with Gasteiger partial charge in [-0.15, -0.1) is 0 Å². The normalized spacial score (nSPS) is 12.0. The van der Waals surface area contributed by atoms with Crippen molar-refractivity contribution in [3.8, 4) is 17.0 Å². The first-order valence-electron chi connectivity index (χ1n) is 15.7. The van der Waals surface area contributed by atoms with Gasteiger partial charge in [-0.3, -0.25) is 9.59 Å². The molecule has 5 rings (SSSR count). The smallest absolute Gasteiger partial charge is 0.430 e. The second kappa shape index (κ2) is 16.1. The number of halogens is 3. The van der Waals surface area contributed by atoms with E-state index in [-0.39, 0.29) is 18.4 Å². The first-order chi connectivity index (χ1) is 22.9. The van der Waals surface area contributed by atoms with E-state index in [4.69, 9.17) is 14.6 Å². The average Bonchev–Trinajstić information content (AvgIpc) is 3.68. The minimum absolute atomic E-state index is 0.0433. The highest BCUT2D eigenvalue weighted by molar-refractivity contribution is 5.91. The molecule has 48 heavy (non-hydrogen) atoms. The molecule has 254 valence electrons. The van der Waals surface area contributed by atoms with Gasteiger partial charge in [0.15, 0.2) is 5.69 Å². The van der Waals surface area contributed by atoms with Crippen molar-refractivity contribution in [3.05, 3.63) is 83.9 Å². The van der Waals surface area contributed by atoms with Crippen molar-refractivity contribution in [1.29, 1.82) is 0 Å². The van der Waals surface area contributed by atoms with Crippen LogP contribution in [0.1, 0.15) is 68.6 Å². The van der Waals surface area contributed by atoms with Gasteiger partial charge >= 0.3 is 6.18 Å². The number of carbonyl (C=O) groups is 3. The van der Waals surface area contributed by atoms with Crippen LogP contribution in [0.2, 0.25) is 0 Å². The number of carboxylic acid groups (broad SMARTS) is 1. The molecule has 0 aliphatic rings. The summed E-state index contributed by atoms with van der Waals surface area (Å²) in [7, 11) is 1.65. The van der Waals surface area contributed by atoms with Crippen molar-refractivity contribution in [2.75, 3.05) is 7.11 Å². The Labute approximate surface area is 275 Å². The number of Topliss-reactive ketones (excluding diaryl/α,β-unsaturated/α-hetero) is 1. The lowest BCUT2D eigenvalue weighted by Crippen LogP contribution is -2.37. The Bertz CT molecular complexity index is 1880. The van der Waals surface area contributed by atoms with Gasteiger partial charge in [-0.2, -0.15) is 13.2 Å². The number of aliphatic carboxylic acids is 1. The summed E-state index contributed by atoms with van der Waals surface area (Å²) in [6.07, 6.45) is 1.74. The predicted octanol–water partition coefficient (Wildman–Crippen LogP) is 6.08. The van der Waals surface area contributed by atoms with Crippen LogP contribution in [0.25, 0.3) is 32.9 Å². The third-order valence-corrected chi connectivity index (χ3v) is 8.12. The number of nitrogens with one attached hydrogen (secondary N) is 4. The van der Waals surface area contributed by atoms with E-state index in [1.165, 1.54) is 10.8 Å². The number of amides is 1. The zero-order valence-corrected chi connectivity index (χ0v) is 27.1. The average molecular weight is 665 g/mol. The van der Waals surface area contributed by atoms with Crippen LogP contribution in [0, 0.1) is 6.92 Å². The van der Waals surface area contributed by atoms with Crippen LogP contribution in [0.5, 0.6) is 5.75 Å². The van der Waals surface area contributed by atoms with E-state index in [9.17, 15) is 22.8 Å². The number of aromatic amines is 3. The van der Waals surface area contributed by atoms with Gasteiger partial charge in [0.1, 0.15) is 29.7 Å². The van der Waals surface area contributed by atoms with Crippen molar-refractivity contribution in [2.24, 2.45) is 0 Å². The number of fused-ring (bicyclic) bond motifs is 2. The van der Waals surface area contributed by atoms with Crippen molar-refractivity contribution in [1.82, 2.24) is 15.3 Å². The van der Waals surface area contributed by atoms with Gasteiger partial charge in [-0.05, 0) is 66.4 Å². The van der Waals surface area contributed by atoms with E-state index in [2.05, 4.69) is 50.6 Å². The van der Waals surface area contributed by atoms with E-state index in [1.54, 1.807) is 7.11 Å². The van der Waals surface area contributed by atoms with E-state index >= 15 is 0 Å². The second-order valence-corrected chi connectivity index (χ2v) is 11.5. The van der Waals surface area contributed by atoms with Gasteiger partial charge in [0.2, 0.25) is 5.91 Å². The Morgan fingerprint density at radius 2 is 1.71 bits per heavy atom. The fourth-order valence-electron chi connectivity index (χ4n) is 5.50. The Morgan fingerprint density at radius 3 is 2.40 bits per heavy atom. The molecule has 2 aromatic heterocycles. The molecule has 0 radical (unpaired) electrons. The van der Waals surface area contributed by atoms with Crippen LogP contribution >= 0.6 is 0 Å². The molecule has 0 spiro atoms. The molecule has 1 atom stereocenters. The largest absolute Gasteiger partial charge is 0.542 e. The topological polar surface area (TPSA) is 141 Å². The Hall–Kier alpha value is -5.13. The molecule has 0 saturated carbocycles. The van der Waals surface area contributed by atoms with E-state index in [0.717, 1.165) is 70.7 Å². The molecule has 3 aromatic carbocycles. The Morgan fingerprint density at radius 1 is 0.979 bits per heavy atom. The van der Waals surface area contributed by atoms with Gasteiger partial charge in [0, 0.05) is 35.0 Å². The highest BCUT2D eigenvalue weighted by Crippen LogP contribution is 2.28. The van der Waals surface area contributed by atoms with Gasteiger partial charge < -0.3 is 24.9 Å². The second-order valence-electron chi connectivity index (χ2n) is 11.5. The van der Waals surface area contributed by atoms with Gasteiger partial charge in [0.05, 0.1) is 13.5 Å². The van der Waals surface area contributed by atoms with E-state index in [1.807, 2.05) is 50.4 Å². The molecule has 0 fully saturated rings. The zero-order valence-electron chi connectivity index (χ0n) is 27.1. The Balaban J connectivity index is 0.000000671. The van der Waals surface area contributed by atoms with Gasteiger partial charge in [-0.25, -0.2) is 9.97 Å². The number of H-pyrrole nitrogens is 3. The molecule has 0 bridgehead atoms. The van der Waals surface area contributed by atoms with Crippen molar-refractivity contribution in [3.63, 3.8) is 0 Å². The molecule has 5 aromatic rings. The number of carbonyl (C=O) groups excluding carboxylic acids is 3. The Kier molecular flexibility index (Phi) is 12.0. The number of rotatable bonds is 13. The maximum Gasteiger partial charge on any atom is 0.430 e. The molecule has 0 saturated heterocycles. The van der Waals surface area contributed by atoms with Gasteiger partial charge in [0.25, 0.3) is 5.82 Å². The third kappa shape index (κ3) is 9.46. The summed E-state index contributed by atoms with van der Waals surface area (Å²) in [5, 5.41) is 15.4. The molecule has 0 unspecified atom stereocenters. The summed E-state index contributed by atoms with van der Waals surface area (Å²) < 4.78 is 37.0. The van der Waals surface area contributed by atoms with Crippen LogP contribution in [0.15, 0.2) is 66.9 Å². The van der Waals surface area contributed by atoms with Crippen molar-refractivity contribution >= 4 is 39.3 Å². The lowest BCUT2D eigenvalue weighted by Gasteiger charge is -2.14. The van der Waals surface area contributed by atoms with Crippen LogP contribution in [-0.2, 0) is 20.8 Å². The third-order valence-electron chi connectivity index (χ3n) is 8.12. The molecular formula is C36H39F3N4O5. The summed E-state index contributed by atoms with van der Waals surface area (Å²) in [5.41, 5.74) is 4.99. The maximum absolute atomic E-state index is 13.5. The number of methoxy groups -OCH3 is 1. The molecule has 9 nitrogen and oxygen atoms in total. The highest BCUT2D eigenvalue weighted by atomic mass is 19.4. The van der Waals surface area contributed by atoms with Crippen LogP contribution < -0.4 is 20.1 Å². The monoisotopic (exact) mass is 664 g/mol. The molecule has 12 heteroatoms. The number of hydrogen-bond donors (Lipinski definition) is 3. The molecule has 2 heterocycles. The minimum atomic E-state index is -5.19. The molecule has 1 amide bonds. The number of imidazole rings is 1. The summed E-state index contributed by atoms with van der Waals surface area (Å²) in [4.78, 5) is 44.3. The summed E-state index contributed by atoms with van der Waals surface area (Å²) >= 11 is 0. The van der Waals surface area contributed by atoms with Crippen LogP contribution in [-0.4, -0.2) is 40.9 Å². The molecular weight excluding hydrogens is 625 g/mol. The number of carboxylic acids is 1. The van der Waals surface area contributed by atoms with E-state index < -0.39 is 12.1 Å². The lowest BCUT2D eigenvalue weighted by atomic mass is 10.0. The fourth-order valence-corrected chi connectivity index (χ4v) is 5.50. The van der Waals surface area contributed by atoms with Gasteiger partial charge in [-0.1, -0.05) is 50.1 Å². The first-order valence-corrected chi connectivity index (χ1v) is 15.7. The molecule has 0 aliphatic carbocycles. The van der Waals surface area contributed by atoms with Crippen LogP contribution in [0.3, 0.4) is 0 Å². The number of alkyl halides is 3. The lowest BCUT2D eigenvalue weighted by molar-refractivity contribution is -0.391. The first kappa shape index (κ1) is 35.7. The number of ketones is 1. The van der Waals surface area contributed by atoms with E-state index in [0.29, 0.717) is 18.6 Å². The zero-order chi connectivity index (χ0) is 34.8. The van der Waals surface area contributed by atoms with Crippen LogP contribution in [0.4, 0.5) is 13.2 Å². The minimum Gasteiger partial charge on any atom is -0.542 e. The predicted molar refractivity (Wildman–Crippen MR) is 174 cm³/mol. The standard InChI is InChI=1S/C34H38N4O3.C2HF3O2/c1-4-26(39)12-6-5-7-13-31(34-35-21-32(38-34)25-15-14-23-10-8-9-11-24(23)18-25)37-33(40)20-28-22(2)36-30-17-16-27(41-3)19-29(28)30;3-2(4,5)1(6)7/h8-11,14-19,21,31,36H,4-7,12-13,20H2,1-3H3,(H,35,38)(H,37,40);(H,6,7)/t31-;/m0./s1. The number of benzene rings is 3. The summed E-state index contributed by atoms with van der Waals surface area (Å²) in [5.74, 6) is -1.12. The number of ether oxygens (including phenoxy) is 1. The van der Waals surface area contributed by atoms with Crippen molar-refractivity contribution < 1.29 is 42.4 Å².